The van der Waals surface area contributed by atoms with Gasteiger partial charge in [0.05, 0.1) is 24.1 Å². The Kier molecular flexibility index (Phi) is 3.79. The van der Waals surface area contributed by atoms with Crippen LogP contribution in [0.2, 0.25) is 0 Å². The SMILES string of the molecule is COc1cccc(C(=O)Nc2nc3c(s2)CCCC3)c1N. The highest BCUT2D eigenvalue weighted by atomic mass is 32.1. The number of nitrogens with two attached hydrogens (primary N) is 1. The van der Waals surface area contributed by atoms with E-state index < -0.39 is 0 Å². The van der Waals surface area contributed by atoms with E-state index >= 15 is 0 Å². The third-order valence-corrected chi connectivity index (χ3v) is 4.67. The maximum atomic E-state index is 12.3. The van der Waals surface area contributed by atoms with E-state index in [2.05, 4.69) is 10.3 Å². The first kappa shape index (κ1) is 13.9. The number of nitrogens with zero attached hydrogens (tertiary/aromatic N) is 1. The number of benzene rings is 1. The summed E-state index contributed by atoms with van der Waals surface area (Å²) in [5.74, 6) is 0.249. The zero-order chi connectivity index (χ0) is 14.8. The number of amides is 1. The van der Waals surface area contributed by atoms with Crippen molar-refractivity contribution in [2.75, 3.05) is 18.2 Å². The number of aryl methyl sites for hydroxylation is 2. The Hall–Kier alpha value is -2.08. The fourth-order valence-electron chi connectivity index (χ4n) is 2.49. The molecule has 0 aliphatic heterocycles. The van der Waals surface area contributed by atoms with Crippen LogP contribution in [0.5, 0.6) is 5.75 Å². The molecule has 5 nitrogen and oxygen atoms in total. The Labute approximate surface area is 127 Å². The standard InChI is InChI=1S/C15H17N3O2S/c1-20-11-7-4-5-9(13(11)16)14(19)18-15-17-10-6-2-3-8-12(10)21-15/h4-5,7H,2-3,6,8,16H2,1H3,(H,17,18,19). The van der Waals surface area contributed by atoms with E-state index in [1.807, 2.05) is 0 Å². The Morgan fingerprint density at radius 1 is 1.38 bits per heavy atom. The molecule has 3 N–H and O–H groups in total. The van der Waals surface area contributed by atoms with Gasteiger partial charge in [-0.05, 0) is 37.8 Å². The minimum Gasteiger partial charge on any atom is -0.495 e. The van der Waals surface area contributed by atoms with Gasteiger partial charge in [-0.25, -0.2) is 4.98 Å². The second-order valence-corrected chi connectivity index (χ2v) is 6.06. The van der Waals surface area contributed by atoms with Gasteiger partial charge in [0.1, 0.15) is 5.75 Å². The van der Waals surface area contributed by atoms with Gasteiger partial charge in [0.25, 0.3) is 5.91 Å². The summed E-state index contributed by atoms with van der Waals surface area (Å²) < 4.78 is 5.13. The lowest BCUT2D eigenvalue weighted by Gasteiger charge is -2.09. The molecule has 0 unspecified atom stereocenters. The van der Waals surface area contributed by atoms with Crippen LogP contribution in [0.3, 0.4) is 0 Å². The van der Waals surface area contributed by atoms with Gasteiger partial charge in [0, 0.05) is 4.88 Å². The molecular formula is C15H17N3O2S. The number of rotatable bonds is 3. The summed E-state index contributed by atoms with van der Waals surface area (Å²) in [7, 11) is 1.53. The van der Waals surface area contributed by atoms with E-state index in [-0.39, 0.29) is 5.91 Å². The molecule has 0 spiro atoms. The summed E-state index contributed by atoms with van der Waals surface area (Å²) >= 11 is 1.56. The van der Waals surface area contributed by atoms with Crippen LogP contribution in [0.15, 0.2) is 18.2 Å². The molecule has 1 heterocycles. The van der Waals surface area contributed by atoms with E-state index in [1.165, 1.54) is 24.8 Å². The number of nitrogen functional groups attached to an aromatic ring is 1. The van der Waals surface area contributed by atoms with Gasteiger partial charge in [-0.1, -0.05) is 6.07 Å². The highest BCUT2D eigenvalue weighted by Crippen LogP contribution is 2.31. The maximum Gasteiger partial charge on any atom is 0.259 e. The van der Waals surface area contributed by atoms with Crippen LogP contribution in [0.1, 0.15) is 33.8 Å². The summed E-state index contributed by atoms with van der Waals surface area (Å²) in [5, 5.41) is 3.49. The number of methoxy groups -OCH3 is 1. The highest BCUT2D eigenvalue weighted by molar-refractivity contribution is 7.15. The van der Waals surface area contributed by atoms with Crippen molar-refractivity contribution >= 4 is 28.1 Å². The first-order chi connectivity index (χ1) is 10.2. The molecule has 1 aromatic heterocycles. The molecule has 0 saturated heterocycles. The molecule has 1 aliphatic carbocycles. The largest absolute Gasteiger partial charge is 0.495 e. The summed E-state index contributed by atoms with van der Waals surface area (Å²) in [4.78, 5) is 18.1. The van der Waals surface area contributed by atoms with Gasteiger partial charge in [0.15, 0.2) is 5.13 Å². The van der Waals surface area contributed by atoms with Gasteiger partial charge in [-0.2, -0.15) is 0 Å². The number of fused-ring (bicyclic) bond motifs is 1. The third-order valence-electron chi connectivity index (χ3n) is 3.60. The van der Waals surface area contributed by atoms with Crippen LogP contribution in [0, 0.1) is 0 Å². The molecule has 6 heteroatoms. The normalized spacial score (nSPS) is 13.6. The smallest absolute Gasteiger partial charge is 0.259 e. The molecule has 1 aliphatic rings. The van der Waals surface area contributed by atoms with Crippen molar-refractivity contribution in [3.05, 3.63) is 34.3 Å². The molecule has 0 bridgehead atoms. The lowest BCUT2D eigenvalue weighted by molar-refractivity contribution is 0.102. The number of nitrogens with one attached hydrogen (secondary N) is 1. The van der Waals surface area contributed by atoms with Crippen LogP contribution in [-0.2, 0) is 12.8 Å². The Balaban J connectivity index is 1.82. The second kappa shape index (κ2) is 5.73. The number of anilines is 2. The summed E-state index contributed by atoms with van der Waals surface area (Å²) in [5.41, 5.74) is 7.82. The van der Waals surface area contributed by atoms with E-state index in [0.717, 1.165) is 18.5 Å². The quantitative estimate of drug-likeness (QED) is 0.855. The van der Waals surface area contributed by atoms with Crippen molar-refractivity contribution in [3.8, 4) is 5.75 Å². The lowest BCUT2D eigenvalue weighted by atomic mass is 10.0. The minimum atomic E-state index is -0.252. The van der Waals surface area contributed by atoms with E-state index in [1.54, 1.807) is 29.5 Å². The molecule has 110 valence electrons. The fraction of sp³-hybridized carbons (Fsp3) is 0.333. The molecule has 0 atom stereocenters. The predicted molar refractivity (Wildman–Crippen MR) is 84.1 cm³/mol. The third kappa shape index (κ3) is 2.71. The van der Waals surface area contributed by atoms with Crippen molar-refractivity contribution in [1.29, 1.82) is 0 Å². The van der Waals surface area contributed by atoms with Crippen molar-refractivity contribution < 1.29 is 9.53 Å². The number of carbonyl (C=O) groups is 1. The Morgan fingerprint density at radius 3 is 2.95 bits per heavy atom. The van der Waals surface area contributed by atoms with Gasteiger partial charge < -0.3 is 10.5 Å². The molecule has 1 amide bonds. The zero-order valence-corrected chi connectivity index (χ0v) is 12.6. The zero-order valence-electron chi connectivity index (χ0n) is 11.8. The van der Waals surface area contributed by atoms with Gasteiger partial charge >= 0.3 is 0 Å². The van der Waals surface area contributed by atoms with Gasteiger partial charge in [-0.15, -0.1) is 11.3 Å². The minimum absolute atomic E-state index is 0.252. The topological polar surface area (TPSA) is 77.2 Å². The van der Waals surface area contributed by atoms with Crippen molar-refractivity contribution in [2.45, 2.75) is 25.7 Å². The highest BCUT2D eigenvalue weighted by Gasteiger charge is 2.18. The summed E-state index contributed by atoms with van der Waals surface area (Å²) in [6, 6.07) is 5.16. The average Bonchev–Trinajstić information content (AvgIpc) is 2.89. The first-order valence-corrected chi connectivity index (χ1v) is 7.73. The van der Waals surface area contributed by atoms with E-state index in [4.69, 9.17) is 10.5 Å². The summed E-state index contributed by atoms with van der Waals surface area (Å²) in [6.07, 6.45) is 4.44. The molecule has 1 aromatic carbocycles. The number of carbonyl (C=O) groups excluding carboxylic acids is 1. The average molecular weight is 303 g/mol. The molecule has 0 fully saturated rings. The number of hydrogen-bond donors (Lipinski definition) is 2. The lowest BCUT2D eigenvalue weighted by Crippen LogP contribution is -2.14. The van der Waals surface area contributed by atoms with Crippen LogP contribution >= 0.6 is 11.3 Å². The second-order valence-electron chi connectivity index (χ2n) is 4.97. The van der Waals surface area contributed by atoms with E-state index in [9.17, 15) is 4.79 Å². The Bertz CT molecular complexity index is 658. The molecular weight excluding hydrogens is 286 g/mol. The predicted octanol–water partition coefficient (Wildman–Crippen LogP) is 2.87. The number of aromatic nitrogens is 1. The molecule has 3 rings (SSSR count). The maximum absolute atomic E-state index is 12.3. The number of hydrogen-bond acceptors (Lipinski definition) is 5. The summed E-state index contributed by atoms with van der Waals surface area (Å²) in [6.45, 7) is 0. The molecule has 2 aromatic rings. The van der Waals surface area contributed by atoms with Gasteiger partial charge in [0.2, 0.25) is 0 Å². The van der Waals surface area contributed by atoms with Crippen molar-refractivity contribution in [2.24, 2.45) is 0 Å². The first-order valence-electron chi connectivity index (χ1n) is 6.91. The number of ether oxygens (including phenoxy) is 1. The van der Waals surface area contributed by atoms with Gasteiger partial charge in [-0.3, -0.25) is 10.1 Å². The van der Waals surface area contributed by atoms with Crippen LogP contribution < -0.4 is 15.8 Å². The fourth-order valence-corrected chi connectivity index (χ4v) is 3.53. The Morgan fingerprint density at radius 2 is 2.19 bits per heavy atom. The van der Waals surface area contributed by atoms with Crippen molar-refractivity contribution in [3.63, 3.8) is 0 Å². The monoisotopic (exact) mass is 303 g/mol. The van der Waals surface area contributed by atoms with Crippen LogP contribution in [0.25, 0.3) is 0 Å². The van der Waals surface area contributed by atoms with Crippen LogP contribution in [-0.4, -0.2) is 18.0 Å². The molecule has 0 saturated carbocycles. The molecule has 21 heavy (non-hydrogen) atoms. The number of thiazole rings is 1. The van der Waals surface area contributed by atoms with Crippen LogP contribution in [0.4, 0.5) is 10.8 Å². The molecule has 0 radical (unpaired) electrons. The van der Waals surface area contributed by atoms with E-state index in [0.29, 0.717) is 22.1 Å². The number of para-hydroxylation sites is 1. The van der Waals surface area contributed by atoms with Crippen molar-refractivity contribution in [1.82, 2.24) is 4.98 Å².